The zero-order valence-corrected chi connectivity index (χ0v) is 13.7. The van der Waals surface area contributed by atoms with Crippen LogP contribution in [0.1, 0.15) is 19.4 Å². The Morgan fingerprint density at radius 3 is 2.70 bits per heavy atom. The van der Waals surface area contributed by atoms with Crippen LogP contribution < -0.4 is 19.5 Å². The zero-order valence-electron chi connectivity index (χ0n) is 13.7. The van der Waals surface area contributed by atoms with E-state index in [-0.39, 0.29) is 0 Å². The van der Waals surface area contributed by atoms with E-state index in [0.717, 1.165) is 36.1 Å². The molecule has 0 saturated carbocycles. The first kappa shape index (κ1) is 15.5. The Morgan fingerprint density at radius 1 is 1.04 bits per heavy atom. The van der Waals surface area contributed by atoms with Crippen molar-refractivity contribution in [2.24, 2.45) is 5.92 Å². The van der Waals surface area contributed by atoms with E-state index in [4.69, 9.17) is 14.2 Å². The molecule has 0 atom stereocenters. The van der Waals surface area contributed by atoms with Gasteiger partial charge in [0.1, 0.15) is 19.0 Å². The molecule has 2 aromatic rings. The topological polar surface area (TPSA) is 39.7 Å². The molecule has 0 unspecified atom stereocenters. The summed E-state index contributed by atoms with van der Waals surface area (Å²) in [6.07, 6.45) is 0. The van der Waals surface area contributed by atoms with Crippen molar-refractivity contribution in [3.8, 4) is 17.2 Å². The van der Waals surface area contributed by atoms with Crippen LogP contribution in [0.4, 0.5) is 5.69 Å². The first-order chi connectivity index (χ1) is 11.2. The van der Waals surface area contributed by atoms with Gasteiger partial charge in [-0.05, 0) is 35.7 Å². The Hall–Kier alpha value is -2.36. The summed E-state index contributed by atoms with van der Waals surface area (Å²) >= 11 is 0. The van der Waals surface area contributed by atoms with E-state index in [0.29, 0.717) is 19.1 Å². The normalized spacial score (nSPS) is 13.0. The fourth-order valence-electron chi connectivity index (χ4n) is 2.37. The van der Waals surface area contributed by atoms with Crippen LogP contribution >= 0.6 is 0 Å². The Balaban J connectivity index is 1.60. The van der Waals surface area contributed by atoms with Crippen molar-refractivity contribution < 1.29 is 14.2 Å². The highest BCUT2D eigenvalue weighted by Crippen LogP contribution is 2.32. The van der Waals surface area contributed by atoms with Gasteiger partial charge in [0.05, 0.1) is 6.61 Å². The van der Waals surface area contributed by atoms with Crippen molar-refractivity contribution in [3.63, 3.8) is 0 Å². The molecule has 1 N–H and O–H groups in total. The van der Waals surface area contributed by atoms with Crippen LogP contribution in [0.2, 0.25) is 0 Å². The Kier molecular flexibility index (Phi) is 4.91. The molecule has 0 saturated heterocycles. The van der Waals surface area contributed by atoms with E-state index in [2.05, 4.69) is 31.3 Å². The summed E-state index contributed by atoms with van der Waals surface area (Å²) in [5, 5.41) is 3.41. The molecule has 0 radical (unpaired) electrons. The molecule has 0 aliphatic carbocycles. The van der Waals surface area contributed by atoms with Gasteiger partial charge in [0.15, 0.2) is 11.5 Å². The average Bonchev–Trinajstić information content (AvgIpc) is 2.58. The molecule has 0 spiro atoms. The van der Waals surface area contributed by atoms with Crippen molar-refractivity contribution >= 4 is 5.69 Å². The van der Waals surface area contributed by atoms with Gasteiger partial charge in [-0.15, -0.1) is 0 Å². The molecule has 2 aromatic carbocycles. The molecular formula is C19H23NO3. The fourth-order valence-corrected chi connectivity index (χ4v) is 2.37. The summed E-state index contributed by atoms with van der Waals surface area (Å²) in [5.41, 5.74) is 2.20. The van der Waals surface area contributed by atoms with Crippen LogP contribution in [0, 0.1) is 5.92 Å². The van der Waals surface area contributed by atoms with Crippen LogP contribution in [-0.4, -0.2) is 19.8 Å². The third-order valence-electron chi connectivity index (χ3n) is 3.52. The minimum atomic E-state index is 0.523. The van der Waals surface area contributed by atoms with Gasteiger partial charge in [0, 0.05) is 18.3 Å². The second kappa shape index (κ2) is 7.27. The van der Waals surface area contributed by atoms with Crippen molar-refractivity contribution in [2.45, 2.75) is 20.4 Å². The lowest BCUT2D eigenvalue weighted by molar-refractivity contribution is 0.171. The smallest absolute Gasteiger partial charge is 0.163 e. The van der Waals surface area contributed by atoms with Crippen molar-refractivity contribution in [1.82, 2.24) is 0 Å². The summed E-state index contributed by atoms with van der Waals surface area (Å²) in [4.78, 5) is 0. The molecule has 1 heterocycles. The number of benzene rings is 2. The number of hydrogen-bond donors (Lipinski definition) is 1. The molecule has 3 rings (SSSR count). The van der Waals surface area contributed by atoms with Crippen molar-refractivity contribution in [3.05, 3.63) is 48.0 Å². The summed E-state index contributed by atoms with van der Waals surface area (Å²) in [5.74, 6) is 3.05. The maximum Gasteiger partial charge on any atom is 0.163 e. The van der Waals surface area contributed by atoms with E-state index >= 15 is 0 Å². The number of fused-ring (bicyclic) bond motifs is 1. The Bertz CT molecular complexity index is 655. The molecule has 4 nitrogen and oxygen atoms in total. The second-order valence-electron chi connectivity index (χ2n) is 6.06. The van der Waals surface area contributed by atoms with Gasteiger partial charge < -0.3 is 19.5 Å². The van der Waals surface area contributed by atoms with Crippen LogP contribution in [0.5, 0.6) is 17.2 Å². The second-order valence-corrected chi connectivity index (χ2v) is 6.06. The average molecular weight is 313 g/mol. The monoisotopic (exact) mass is 313 g/mol. The van der Waals surface area contributed by atoms with E-state index in [9.17, 15) is 0 Å². The summed E-state index contributed by atoms with van der Waals surface area (Å²) in [7, 11) is 0. The van der Waals surface area contributed by atoms with Gasteiger partial charge >= 0.3 is 0 Å². The molecule has 1 aliphatic rings. The Morgan fingerprint density at radius 2 is 1.87 bits per heavy atom. The SMILES string of the molecule is CC(C)COc1cccc(CNc2ccc3c(c2)OCCO3)c1. The summed E-state index contributed by atoms with van der Waals surface area (Å²) in [6.45, 7) is 6.98. The number of ether oxygens (including phenoxy) is 3. The number of hydrogen-bond acceptors (Lipinski definition) is 4. The lowest BCUT2D eigenvalue weighted by Crippen LogP contribution is -2.15. The van der Waals surface area contributed by atoms with E-state index < -0.39 is 0 Å². The van der Waals surface area contributed by atoms with Gasteiger partial charge in [-0.2, -0.15) is 0 Å². The lowest BCUT2D eigenvalue weighted by atomic mass is 10.2. The Labute approximate surface area is 137 Å². The summed E-state index contributed by atoms with van der Waals surface area (Å²) < 4.78 is 16.9. The molecule has 0 aromatic heterocycles. The predicted molar refractivity (Wildman–Crippen MR) is 91.5 cm³/mol. The van der Waals surface area contributed by atoms with Gasteiger partial charge in [0.2, 0.25) is 0 Å². The quantitative estimate of drug-likeness (QED) is 0.871. The van der Waals surface area contributed by atoms with Crippen LogP contribution in [0.25, 0.3) is 0 Å². The molecule has 4 heteroatoms. The van der Waals surface area contributed by atoms with Crippen molar-refractivity contribution in [1.29, 1.82) is 0 Å². The maximum absolute atomic E-state index is 5.77. The fraction of sp³-hybridized carbons (Fsp3) is 0.368. The third-order valence-corrected chi connectivity index (χ3v) is 3.52. The zero-order chi connectivity index (χ0) is 16.1. The van der Waals surface area contributed by atoms with Crippen LogP contribution in [0.15, 0.2) is 42.5 Å². The van der Waals surface area contributed by atoms with Crippen LogP contribution in [-0.2, 0) is 6.54 Å². The molecule has 122 valence electrons. The minimum Gasteiger partial charge on any atom is -0.493 e. The summed E-state index contributed by atoms with van der Waals surface area (Å²) in [6, 6.07) is 14.1. The number of anilines is 1. The minimum absolute atomic E-state index is 0.523. The van der Waals surface area contributed by atoms with Gasteiger partial charge in [0.25, 0.3) is 0 Å². The third kappa shape index (κ3) is 4.31. The standard InChI is InChI=1S/C19H23NO3/c1-14(2)13-23-17-5-3-4-15(10-17)12-20-16-6-7-18-19(11-16)22-9-8-21-18/h3-7,10-11,14,20H,8-9,12-13H2,1-2H3. The molecule has 0 amide bonds. The highest BCUT2D eigenvalue weighted by atomic mass is 16.6. The largest absolute Gasteiger partial charge is 0.493 e. The maximum atomic E-state index is 5.77. The van der Waals surface area contributed by atoms with Gasteiger partial charge in [-0.1, -0.05) is 26.0 Å². The lowest BCUT2D eigenvalue weighted by Gasteiger charge is -2.19. The van der Waals surface area contributed by atoms with E-state index in [1.54, 1.807) is 0 Å². The highest BCUT2D eigenvalue weighted by Gasteiger charge is 2.11. The number of nitrogens with one attached hydrogen (secondary N) is 1. The first-order valence-electron chi connectivity index (χ1n) is 8.06. The molecule has 1 aliphatic heterocycles. The van der Waals surface area contributed by atoms with Crippen LogP contribution in [0.3, 0.4) is 0 Å². The highest BCUT2D eigenvalue weighted by molar-refractivity contribution is 5.55. The molecule has 23 heavy (non-hydrogen) atoms. The van der Waals surface area contributed by atoms with Crippen molar-refractivity contribution in [2.75, 3.05) is 25.1 Å². The van der Waals surface area contributed by atoms with E-state index in [1.807, 2.05) is 30.3 Å². The van der Waals surface area contributed by atoms with E-state index in [1.165, 1.54) is 5.56 Å². The predicted octanol–water partition coefficient (Wildman–Crippen LogP) is 4.10. The molecule has 0 fully saturated rings. The molecule has 0 bridgehead atoms. The van der Waals surface area contributed by atoms with Gasteiger partial charge in [-0.3, -0.25) is 0 Å². The first-order valence-corrected chi connectivity index (χ1v) is 8.06. The number of rotatable bonds is 6. The van der Waals surface area contributed by atoms with Gasteiger partial charge in [-0.25, -0.2) is 0 Å². The molecular weight excluding hydrogens is 290 g/mol.